The van der Waals surface area contributed by atoms with E-state index in [9.17, 15) is 9.59 Å². The lowest BCUT2D eigenvalue weighted by Gasteiger charge is -2.32. The lowest BCUT2D eigenvalue weighted by molar-refractivity contribution is 0.102. The van der Waals surface area contributed by atoms with Crippen LogP contribution in [0.15, 0.2) is 48.8 Å². The highest BCUT2D eigenvalue weighted by atomic mass is 32.1. The molecule has 1 aliphatic heterocycles. The molecule has 3 amide bonds. The van der Waals surface area contributed by atoms with Crippen molar-refractivity contribution in [3.8, 4) is 0 Å². The minimum atomic E-state index is -0.279. The van der Waals surface area contributed by atoms with E-state index >= 15 is 0 Å². The van der Waals surface area contributed by atoms with Crippen LogP contribution in [0.4, 0.5) is 16.2 Å². The van der Waals surface area contributed by atoms with Crippen molar-refractivity contribution in [2.45, 2.75) is 50.6 Å². The van der Waals surface area contributed by atoms with Gasteiger partial charge >= 0.3 is 6.03 Å². The van der Waals surface area contributed by atoms with Crippen LogP contribution in [0.5, 0.6) is 0 Å². The largest absolute Gasteiger partial charge is 0.397 e. The summed E-state index contributed by atoms with van der Waals surface area (Å²) in [6.45, 7) is 1.07. The van der Waals surface area contributed by atoms with Gasteiger partial charge in [0.1, 0.15) is 0 Å². The fourth-order valence-electron chi connectivity index (χ4n) is 4.71. The standard InChI is InChI=1S/C25H28N6O2S/c26-19-5-1-2-6-20(19)29-23(32)24-30-21-11-13-31(15-22(21)34-24)25(33)28-18-9-7-16(8-10-18)17-4-3-12-27-14-17/h1-6,12,14,16,18H,7-11,13,15,26H2,(H,28,33)(H,29,32). The zero-order valence-corrected chi connectivity index (χ0v) is 19.7. The Hall–Kier alpha value is -3.46. The van der Waals surface area contributed by atoms with Gasteiger partial charge in [-0.2, -0.15) is 0 Å². The zero-order valence-electron chi connectivity index (χ0n) is 18.9. The van der Waals surface area contributed by atoms with Crippen molar-refractivity contribution >= 4 is 34.6 Å². The van der Waals surface area contributed by atoms with Gasteiger partial charge in [0.15, 0.2) is 5.01 Å². The van der Waals surface area contributed by atoms with Crippen molar-refractivity contribution in [1.82, 2.24) is 20.2 Å². The van der Waals surface area contributed by atoms with Crippen LogP contribution >= 0.6 is 11.3 Å². The third kappa shape index (κ3) is 4.89. The van der Waals surface area contributed by atoms with Crippen LogP contribution < -0.4 is 16.4 Å². The molecule has 0 unspecified atom stereocenters. The lowest BCUT2D eigenvalue weighted by atomic mass is 9.82. The highest BCUT2D eigenvalue weighted by Gasteiger charge is 2.29. The Morgan fingerprint density at radius 1 is 1.09 bits per heavy atom. The van der Waals surface area contributed by atoms with E-state index in [1.165, 1.54) is 16.9 Å². The minimum Gasteiger partial charge on any atom is -0.397 e. The van der Waals surface area contributed by atoms with Crippen LogP contribution in [-0.2, 0) is 13.0 Å². The van der Waals surface area contributed by atoms with Crippen LogP contribution in [0.3, 0.4) is 0 Å². The number of amides is 3. The molecule has 5 rings (SSSR count). The Bertz CT molecular complexity index is 1170. The predicted octanol–water partition coefficient (Wildman–Crippen LogP) is 4.17. The monoisotopic (exact) mass is 476 g/mol. The van der Waals surface area contributed by atoms with E-state index < -0.39 is 0 Å². The second kappa shape index (κ2) is 9.80. The maximum Gasteiger partial charge on any atom is 0.317 e. The number of thiazole rings is 1. The molecule has 4 N–H and O–H groups in total. The van der Waals surface area contributed by atoms with Gasteiger partial charge in [0.05, 0.1) is 23.6 Å². The number of nitrogens with one attached hydrogen (secondary N) is 2. The normalized spacial score (nSPS) is 19.8. The molecule has 0 bridgehead atoms. The number of carbonyl (C=O) groups excluding carboxylic acids is 2. The van der Waals surface area contributed by atoms with Crippen molar-refractivity contribution in [3.63, 3.8) is 0 Å². The average molecular weight is 477 g/mol. The lowest BCUT2D eigenvalue weighted by Crippen LogP contribution is -2.47. The summed E-state index contributed by atoms with van der Waals surface area (Å²) < 4.78 is 0. The second-order valence-corrected chi connectivity index (χ2v) is 9.97. The first-order valence-electron chi connectivity index (χ1n) is 11.7. The molecule has 1 saturated carbocycles. The molecule has 9 heteroatoms. The van der Waals surface area contributed by atoms with Crippen molar-refractivity contribution in [3.05, 3.63) is 69.9 Å². The summed E-state index contributed by atoms with van der Waals surface area (Å²) in [7, 11) is 0. The quantitative estimate of drug-likeness (QED) is 0.489. The topological polar surface area (TPSA) is 113 Å². The molecule has 176 valence electrons. The van der Waals surface area contributed by atoms with Gasteiger partial charge in [-0.3, -0.25) is 9.78 Å². The van der Waals surface area contributed by atoms with Crippen molar-refractivity contribution in [2.75, 3.05) is 17.6 Å². The first kappa shape index (κ1) is 22.3. The predicted molar refractivity (Wildman–Crippen MR) is 133 cm³/mol. The van der Waals surface area contributed by atoms with E-state index in [0.29, 0.717) is 41.8 Å². The van der Waals surface area contributed by atoms with Crippen LogP contribution in [0, 0.1) is 0 Å². The van der Waals surface area contributed by atoms with Crippen LogP contribution in [0.25, 0.3) is 0 Å². The number of nitrogens with zero attached hydrogens (tertiary/aromatic N) is 3. The molecule has 1 fully saturated rings. The van der Waals surface area contributed by atoms with Gasteiger partial charge in [0, 0.05) is 36.3 Å². The van der Waals surface area contributed by atoms with Gasteiger partial charge in [-0.25, -0.2) is 9.78 Å². The van der Waals surface area contributed by atoms with Crippen molar-refractivity contribution in [2.24, 2.45) is 0 Å². The van der Waals surface area contributed by atoms with Gasteiger partial charge < -0.3 is 21.3 Å². The number of nitrogens with two attached hydrogens (primary N) is 1. The number of nitrogen functional groups attached to an aromatic ring is 1. The van der Waals surface area contributed by atoms with E-state index in [1.54, 1.807) is 18.3 Å². The van der Waals surface area contributed by atoms with Gasteiger partial charge in [-0.05, 0) is 55.4 Å². The van der Waals surface area contributed by atoms with E-state index in [4.69, 9.17) is 5.73 Å². The number of para-hydroxylation sites is 2. The Balaban J connectivity index is 1.15. The van der Waals surface area contributed by atoms with Crippen LogP contribution in [-0.4, -0.2) is 39.4 Å². The third-order valence-corrected chi connectivity index (χ3v) is 7.71. The molecule has 34 heavy (non-hydrogen) atoms. The molecular weight excluding hydrogens is 448 g/mol. The molecule has 8 nitrogen and oxygen atoms in total. The Morgan fingerprint density at radius 3 is 2.68 bits per heavy atom. The number of aromatic nitrogens is 2. The van der Waals surface area contributed by atoms with Gasteiger partial charge in [0.2, 0.25) is 0 Å². The van der Waals surface area contributed by atoms with Gasteiger partial charge in [-0.1, -0.05) is 18.2 Å². The fraction of sp³-hybridized carbons (Fsp3) is 0.360. The highest BCUT2D eigenvalue weighted by Crippen LogP contribution is 2.33. The summed E-state index contributed by atoms with van der Waals surface area (Å²) in [5.41, 5.74) is 9.19. The van der Waals surface area contributed by atoms with Crippen molar-refractivity contribution in [1.29, 1.82) is 0 Å². The van der Waals surface area contributed by atoms with E-state index in [-0.39, 0.29) is 18.0 Å². The van der Waals surface area contributed by atoms with Crippen molar-refractivity contribution < 1.29 is 9.59 Å². The summed E-state index contributed by atoms with van der Waals surface area (Å²) in [4.78, 5) is 37.2. The second-order valence-electron chi connectivity index (χ2n) is 8.89. The molecule has 0 spiro atoms. The molecule has 0 radical (unpaired) electrons. The Morgan fingerprint density at radius 2 is 1.91 bits per heavy atom. The molecular formula is C25H28N6O2S. The molecule has 1 aliphatic carbocycles. The average Bonchev–Trinajstić information content (AvgIpc) is 3.30. The summed E-state index contributed by atoms with van der Waals surface area (Å²) in [5.74, 6) is 0.242. The maximum atomic E-state index is 12.9. The fourth-order valence-corrected chi connectivity index (χ4v) is 5.73. The third-order valence-electron chi connectivity index (χ3n) is 6.63. The smallest absolute Gasteiger partial charge is 0.317 e. The molecule has 3 aromatic rings. The van der Waals surface area contributed by atoms with Gasteiger partial charge in [-0.15, -0.1) is 11.3 Å². The number of pyridine rings is 1. The number of fused-ring (bicyclic) bond motifs is 1. The number of rotatable bonds is 4. The number of hydrogen-bond acceptors (Lipinski definition) is 6. The van der Waals surface area contributed by atoms with Crippen LogP contribution in [0.2, 0.25) is 0 Å². The Kier molecular flexibility index (Phi) is 6.44. The van der Waals surface area contributed by atoms with E-state index in [0.717, 1.165) is 36.3 Å². The molecule has 3 heterocycles. The number of hydrogen-bond donors (Lipinski definition) is 3. The number of carbonyl (C=O) groups is 2. The molecule has 2 aromatic heterocycles. The van der Waals surface area contributed by atoms with E-state index in [2.05, 4.69) is 26.7 Å². The summed E-state index contributed by atoms with van der Waals surface area (Å²) in [6, 6.07) is 11.4. The SMILES string of the molecule is Nc1ccccc1NC(=O)c1nc2c(s1)CN(C(=O)NC1CCC(c3cccnc3)CC1)CC2. The van der Waals surface area contributed by atoms with Crippen LogP contribution in [0.1, 0.15) is 57.5 Å². The summed E-state index contributed by atoms with van der Waals surface area (Å²) in [6.07, 6.45) is 8.45. The number of benzene rings is 1. The minimum absolute atomic E-state index is 0.0352. The molecule has 0 atom stereocenters. The maximum absolute atomic E-state index is 12.9. The molecule has 2 aliphatic rings. The number of urea groups is 1. The van der Waals surface area contributed by atoms with E-state index in [1.807, 2.05) is 29.3 Å². The van der Waals surface area contributed by atoms with Gasteiger partial charge in [0.25, 0.3) is 5.91 Å². The highest BCUT2D eigenvalue weighted by molar-refractivity contribution is 7.13. The zero-order chi connectivity index (χ0) is 23.5. The summed E-state index contributed by atoms with van der Waals surface area (Å²) in [5, 5.41) is 6.44. The number of anilines is 2. The molecule has 0 saturated heterocycles. The molecule has 1 aromatic carbocycles. The first-order chi connectivity index (χ1) is 16.6. The Labute approximate surface area is 202 Å². The summed E-state index contributed by atoms with van der Waals surface area (Å²) >= 11 is 1.34. The first-order valence-corrected chi connectivity index (χ1v) is 12.5.